The molecule has 4 amide bonds. The molecule has 0 spiro atoms. The van der Waals surface area contributed by atoms with E-state index in [2.05, 4.69) is 37.5 Å². The second-order valence-electron chi connectivity index (χ2n) is 10.9. The van der Waals surface area contributed by atoms with E-state index in [0.29, 0.717) is 19.3 Å². The highest BCUT2D eigenvalue weighted by Crippen LogP contribution is 2.62. The molecule has 0 aromatic carbocycles. The second kappa shape index (κ2) is 6.87. The molecule has 2 heterocycles. The Morgan fingerprint density at radius 3 is 1.58 bits per heavy atom. The molecule has 8 atom stereocenters. The van der Waals surface area contributed by atoms with Crippen LogP contribution in [0.4, 0.5) is 0 Å². The third-order valence-corrected chi connectivity index (χ3v) is 9.44. The van der Waals surface area contributed by atoms with E-state index in [1.807, 2.05) is 12.2 Å². The zero-order valence-electron chi connectivity index (χ0n) is 18.8. The summed E-state index contributed by atoms with van der Waals surface area (Å²) in [4.78, 5) is 55.6. The Labute approximate surface area is 194 Å². The second-order valence-corrected chi connectivity index (χ2v) is 10.9. The molecular weight excluding hydrogens is 416 g/mol. The van der Waals surface area contributed by atoms with Crippen LogP contribution in [0.5, 0.6) is 0 Å². The average molecular weight is 447 g/mol. The van der Waals surface area contributed by atoms with Crippen LogP contribution >= 0.6 is 0 Å². The lowest BCUT2D eigenvalue weighted by Gasteiger charge is -2.29. The zero-order chi connectivity index (χ0) is 23.1. The molecule has 2 aliphatic heterocycles. The Hall–Kier alpha value is -2.76. The fourth-order valence-electron chi connectivity index (χ4n) is 8.23. The summed E-state index contributed by atoms with van der Waals surface area (Å²) in [5.41, 5.74) is -0.550. The number of rotatable bonds is 8. The molecule has 2 saturated carbocycles. The summed E-state index contributed by atoms with van der Waals surface area (Å²) in [5, 5.41) is 0. The quantitative estimate of drug-likeness (QED) is 0.425. The third kappa shape index (κ3) is 2.50. The molecule has 0 radical (unpaired) electrons. The SMILES string of the molecule is C=CCC12C=CC(C1)C1C(=O)N(CCCN3C(=O)C4C5C=CC(CC=C)(C5)C4C3=O)C(=O)C12. The Balaban J connectivity index is 1.13. The number of likely N-dealkylation sites (tertiary alicyclic amines) is 2. The molecule has 4 bridgehead atoms. The fourth-order valence-corrected chi connectivity index (χ4v) is 8.23. The van der Waals surface area contributed by atoms with Gasteiger partial charge in [0.05, 0.1) is 23.7 Å². The highest BCUT2D eigenvalue weighted by atomic mass is 16.2. The summed E-state index contributed by atoms with van der Waals surface area (Å²) < 4.78 is 0. The maximum Gasteiger partial charge on any atom is 0.234 e. The molecule has 0 aromatic heterocycles. The van der Waals surface area contributed by atoms with Gasteiger partial charge in [0.25, 0.3) is 0 Å². The van der Waals surface area contributed by atoms with Gasteiger partial charge < -0.3 is 0 Å². The standard InChI is InChI=1S/C27H30N2O4/c1-3-8-26-10-6-16(14-26)18-20(26)24(32)28(22(18)30)12-5-13-29-23(31)19-17-7-11-27(15-17,9-4-2)21(19)25(29)33/h3-4,6-7,10-11,16-21H,1-2,5,8-9,12-15H2. The van der Waals surface area contributed by atoms with Crippen LogP contribution in [-0.4, -0.2) is 46.5 Å². The third-order valence-electron chi connectivity index (χ3n) is 9.44. The Morgan fingerprint density at radius 1 is 0.758 bits per heavy atom. The number of hydrogen-bond acceptors (Lipinski definition) is 4. The van der Waals surface area contributed by atoms with Gasteiger partial charge in [0.2, 0.25) is 23.6 Å². The van der Waals surface area contributed by atoms with E-state index in [1.165, 1.54) is 9.80 Å². The monoisotopic (exact) mass is 446 g/mol. The first-order chi connectivity index (χ1) is 15.9. The highest BCUT2D eigenvalue weighted by Gasteiger charge is 2.66. The summed E-state index contributed by atoms with van der Waals surface area (Å²) in [6.07, 6.45) is 15.7. The predicted octanol–water partition coefficient (Wildman–Crippen LogP) is 2.88. The molecule has 6 rings (SSSR count). The number of amides is 4. The summed E-state index contributed by atoms with van der Waals surface area (Å²) in [6, 6.07) is 0. The van der Waals surface area contributed by atoms with Gasteiger partial charge in [-0.2, -0.15) is 0 Å². The first kappa shape index (κ1) is 20.8. The predicted molar refractivity (Wildman–Crippen MR) is 121 cm³/mol. The fraction of sp³-hybridized carbons (Fsp3) is 0.556. The molecule has 6 nitrogen and oxygen atoms in total. The minimum absolute atomic E-state index is 0.0894. The lowest BCUT2D eigenvalue weighted by atomic mass is 9.72. The van der Waals surface area contributed by atoms with Gasteiger partial charge in [0, 0.05) is 23.9 Å². The maximum absolute atomic E-state index is 13.3. The Bertz CT molecular complexity index is 976. The number of nitrogens with zero attached hydrogens (tertiary/aromatic N) is 2. The molecule has 4 aliphatic carbocycles. The van der Waals surface area contributed by atoms with Crippen LogP contribution in [-0.2, 0) is 19.2 Å². The van der Waals surface area contributed by atoms with Gasteiger partial charge in [0.15, 0.2) is 0 Å². The van der Waals surface area contributed by atoms with Gasteiger partial charge >= 0.3 is 0 Å². The lowest BCUT2D eigenvalue weighted by molar-refractivity contribution is -0.141. The largest absolute Gasteiger partial charge is 0.282 e. The van der Waals surface area contributed by atoms with E-state index in [-0.39, 0.29) is 83.1 Å². The topological polar surface area (TPSA) is 74.8 Å². The zero-order valence-corrected chi connectivity index (χ0v) is 18.8. The average Bonchev–Trinajstić information content (AvgIpc) is 3.59. The van der Waals surface area contributed by atoms with E-state index in [0.717, 1.165) is 12.8 Å². The van der Waals surface area contributed by atoms with Crippen LogP contribution in [0.1, 0.15) is 32.1 Å². The Morgan fingerprint density at radius 2 is 1.18 bits per heavy atom. The summed E-state index contributed by atoms with van der Waals surface area (Å²) in [7, 11) is 0. The van der Waals surface area contributed by atoms with Crippen molar-refractivity contribution in [3.05, 3.63) is 49.6 Å². The van der Waals surface area contributed by atoms with Crippen molar-refractivity contribution >= 4 is 23.6 Å². The molecule has 2 saturated heterocycles. The minimum Gasteiger partial charge on any atom is -0.282 e. The number of fused-ring (bicyclic) bond motifs is 10. The highest BCUT2D eigenvalue weighted by molar-refractivity contribution is 6.07. The van der Waals surface area contributed by atoms with E-state index >= 15 is 0 Å². The normalized spacial score (nSPS) is 43.9. The van der Waals surface area contributed by atoms with Crippen molar-refractivity contribution in [3.63, 3.8) is 0 Å². The van der Waals surface area contributed by atoms with Gasteiger partial charge in [-0.1, -0.05) is 36.5 Å². The smallest absolute Gasteiger partial charge is 0.234 e. The van der Waals surface area contributed by atoms with Crippen molar-refractivity contribution in [2.45, 2.75) is 32.1 Å². The van der Waals surface area contributed by atoms with Gasteiger partial charge in [-0.15, -0.1) is 13.2 Å². The van der Waals surface area contributed by atoms with Crippen molar-refractivity contribution in [1.82, 2.24) is 9.80 Å². The van der Waals surface area contributed by atoms with Crippen LogP contribution in [0.2, 0.25) is 0 Å². The van der Waals surface area contributed by atoms with E-state index in [4.69, 9.17) is 0 Å². The number of carbonyl (C=O) groups is 4. The van der Waals surface area contributed by atoms with Crippen LogP contribution < -0.4 is 0 Å². The molecule has 6 aliphatic rings. The van der Waals surface area contributed by atoms with Crippen molar-refractivity contribution in [3.8, 4) is 0 Å². The molecule has 33 heavy (non-hydrogen) atoms. The van der Waals surface area contributed by atoms with Crippen molar-refractivity contribution in [1.29, 1.82) is 0 Å². The van der Waals surface area contributed by atoms with Gasteiger partial charge in [-0.05, 0) is 43.9 Å². The van der Waals surface area contributed by atoms with Crippen LogP contribution in [0.3, 0.4) is 0 Å². The lowest BCUT2D eigenvalue weighted by Crippen LogP contribution is -2.39. The molecular formula is C27H30N2O4. The minimum atomic E-state index is -0.298. The van der Waals surface area contributed by atoms with Crippen molar-refractivity contribution < 1.29 is 19.2 Å². The Kier molecular flexibility index (Phi) is 4.34. The summed E-state index contributed by atoms with van der Waals surface area (Å²) in [5.74, 6) is -1.25. The van der Waals surface area contributed by atoms with Crippen LogP contribution in [0.15, 0.2) is 49.6 Å². The van der Waals surface area contributed by atoms with Crippen LogP contribution in [0, 0.1) is 46.3 Å². The van der Waals surface area contributed by atoms with E-state index < -0.39 is 0 Å². The molecule has 0 N–H and O–H groups in total. The van der Waals surface area contributed by atoms with Crippen molar-refractivity contribution in [2.75, 3.05) is 13.1 Å². The van der Waals surface area contributed by atoms with Gasteiger partial charge in [-0.25, -0.2) is 0 Å². The molecule has 172 valence electrons. The maximum atomic E-state index is 13.3. The first-order valence-corrected chi connectivity index (χ1v) is 12.2. The number of allylic oxidation sites excluding steroid dienone is 6. The first-order valence-electron chi connectivity index (χ1n) is 12.2. The van der Waals surface area contributed by atoms with E-state index in [9.17, 15) is 19.2 Å². The number of imide groups is 2. The van der Waals surface area contributed by atoms with Crippen molar-refractivity contribution in [2.24, 2.45) is 46.3 Å². The summed E-state index contributed by atoms with van der Waals surface area (Å²) >= 11 is 0. The molecule has 0 aromatic rings. The van der Waals surface area contributed by atoms with Gasteiger partial charge in [0.1, 0.15) is 0 Å². The molecule has 8 unspecified atom stereocenters. The number of hydrogen-bond donors (Lipinski definition) is 0. The molecule has 4 fully saturated rings. The summed E-state index contributed by atoms with van der Waals surface area (Å²) in [6.45, 7) is 8.22. The van der Waals surface area contributed by atoms with Gasteiger partial charge in [-0.3, -0.25) is 29.0 Å². The molecule has 6 heteroatoms. The van der Waals surface area contributed by atoms with Crippen LogP contribution in [0.25, 0.3) is 0 Å². The number of carbonyl (C=O) groups excluding carboxylic acids is 4. The van der Waals surface area contributed by atoms with E-state index in [1.54, 1.807) is 0 Å².